The highest BCUT2D eigenvalue weighted by atomic mass is 16.4. The Morgan fingerprint density at radius 1 is 1.32 bits per heavy atom. The lowest BCUT2D eigenvalue weighted by molar-refractivity contribution is -0.257. The van der Waals surface area contributed by atoms with E-state index in [9.17, 15) is 24.9 Å². The third-order valence-electron chi connectivity index (χ3n) is 7.75. The molecule has 0 bridgehead atoms. The molecule has 7 atom stereocenters. The summed E-state index contributed by atoms with van der Waals surface area (Å²) in [6, 6.07) is 0. The van der Waals surface area contributed by atoms with Crippen molar-refractivity contribution < 1.29 is 24.9 Å². The Morgan fingerprint density at radius 3 is 2.52 bits per heavy atom. The van der Waals surface area contributed by atoms with Crippen LogP contribution < -0.4 is 0 Å². The molecule has 3 aliphatic carbocycles. The van der Waals surface area contributed by atoms with E-state index in [4.69, 9.17) is 0 Å². The molecule has 0 heterocycles. The number of fused-ring (bicyclic) bond motifs is 3. The van der Waals surface area contributed by atoms with Crippen LogP contribution in [0.15, 0.2) is 24.8 Å². The molecule has 0 aromatic heterocycles. The average Bonchev–Trinajstić information content (AvgIpc) is 2.55. The first-order chi connectivity index (χ1) is 11.6. The molecule has 0 aromatic rings. The van der Waals surface area contributed by atoms with Crippen molar-refractivity contribution in [1.29, 1.82) is 0 Å². The summed E-state index contributed by atoms with van der Waals surface area (Å²) >= 11 is 0. The smallest absolute Gasteiger partial charge is 0.315 e. The second-order valence-electron chi connectivity index (χ2n) is 8.55. The van der Waals surface area contributed by atoms with Gasteiger partial charge in [-0.15, -0.1) is 6.58 Å². The van der Waals surface area contributed by atoms with Crippen LogP contribution in [0.4, 0.5) is 0 Å². The standard InChI is InChI=1S/C20H28O5/c1-5-12-11(2)6-7-14-13(12)10-16(22)20(25)18(14,3)9-8-15(21)19(20,4)17(23)24/h5,12-15,21,25H,1-2,6-10H2,3-4H3,(H,23,24)/t12-,13+,14+,15-,18-,19-,20+/m1/s1. The zero-order chi connectivity index (χ0) is 18.8. The molecule has 5 nitrogen and oxygen atoms in total. The summed E-state index contributed by atoms with van der Waals surface area (Å²) in [7, 11) is 0. The Hall–Kier alpha value is -1.46. The lowest BCUT2D eigenvalue weighted by Gasteiger charge is -2.65. The molecule has 3 N–H and O–H groups in total. The van der Waals surface area contributed by atoms with Crippen molar-refractivity contribution in [2.45, 2.75) is 57.7 Å². The van der Waals surface area contributed by atoms with Crippen LogP contribution in [0.2, 0.25) is 0 Å². The van der Waals surface area contributed by atoms with E-state index >= 15 is 0 Å². The van der Waals surface area contributed by atoms with Gasteiger partial charge in [-0.3, -0.25) is 9.59 Å². The van der Waals surface area contributed by atoms with Crippen molar-refractivity contribution in [3.8, 4) is 0 Å². The first kappa shape index (κ1) is 18.3. The molecule has 3 saturated carbocycles. The van der Waals surface area contributed by atoms with E-state index in [2.05, 4.69) is 13.2 Å². The topological polar surface area (TPSA) is 94.8 Å². The number of aliphatic carboxylic acids is 1. The second kappa shape index (κ2) is 5.52. The molecule has 0 amide bonds. The predicted molar refractivity (Wildman–Crippen MR) is 92.7 cm³/mol. The number of Topliss-reactive ketones (excluding diaryl/α,β-unsaturated/α-hetero) is 1. The summed E-state index contributed by atoms with van der Waals surface area (Å²) in [5, 5.41) is 31.9. The molecule has 3 rings (SSSR count). The molecule has 0 spiro atoms. The Morgan fingerprint density at radius 2 is 1.96 bits per heavy atom. The number of carboxylic acid groups (broad SMARTS) is 1. The number of aliphatic hydroxyl groups is 2. The Kier molecular flexibility index (Phi) is 4.05. The van der Waals surface area contributed by atoms with E-state index in [0.29, 0.717) is 6.42 Å². The first-order valence-electron chi connectivity index (χ1n) is 9.03. The fourth-order valence-electron chi connectivity index (χ4n) is 6.14. The average molecular weight is 348 g/mol. The van der Waals surface area contributed by atoms with E-state index in [1.165, 1.54) is 6.92 Å². The maximum absolute atomic E-state index is 13.2. The molecular formula is C20H28O5. The maximum atomic E-state index is 13.2. The monoisotopic (exact) mass is 348 g/mol. The Labute approximate surface area is 148 Å². The van der Waals surface area contributed by atoms with Gasteiger partial charge in [-0.25, -0.2) is 0 Å². The minimum Gasteiger partial charge on any atom is -0.481 e. The number of carbonyl (C=O) groups excluding carboxylic acids is 1. The zero-order valence-electron chi connectivity index (χ0n) is 15.0. The molecule has 5 heteroatoms. The van der Waals surface area contributed by atoms with Crippen molar-refractivity contribution >= 4 is 11.8 Å². The van der Waals surface area contributed by atoms with Crippen molar-refractivity contribution in [1.82, 2.24) is 0 Å². The number of carbonyl (C=O) groups is 2. The molecule has 0 aromatic carbocycles. The van der Waals surface area contributed by atoms with E-state index in [0.717, 1.165) is 18.4 Å². The highest BCUT2D eigenvalue weighted by molar-refractivity contribution is 5.96. The van der Waals surface area contributed by atoms with Crippen molar-refractivity contribution in [2.75, 3.05) is 0 Å². The lowest BCUT2D eigenvalue weighted by Crippen LogP contribution is -2.76. The lowest BCUT2D eigenvalue weighted by atomic mass is 9.40. The summed E-state index contributed by atoms with van der Waals surface area (Å²) in [6.07, 6.45) is 2.91. The molecule has 0 unspecified atom stereocenters. The van der Waals surface area contributed by atoms with Crippen molar-refractivity contribution in [3.05, 3.63) is 24.8 Å². The zero-order valence-corrected chi connectivity index (χ0v) is 15.0. The van der Waals surface area contributed by atoms with Crippen LogP contribution in [-0.2, 0) is 9.59 Å². The fraction of sp³-hybridized carbons (Fsp3) is 0.700. The van der Waals surface area contributed by atoms with Gasteiger partial charge in [0.2, 0.25) is 0 Å². The van der Waals surface area contributed by atoms with E-state index < -0.39 is 34.3 Å². The molecule has 138 valence electrons. The Balaban J connectivity index is 2.17. The second-order valence-corrected chi connectivity index (χ2v) is 8.55. The largest absolute Gasteiger partial charge is 0.481 e. The van der Waals surface area contributed by atoms with Gasteiger partial charge in [0.1, 0.15) is 11.0 Å². The van der Waals surface area contributed by atoms with Crippen LogP contribution in [0.25, 0.3) is 0 Å². The van der Waals surface area contributed by atoms with Gasteiger partial charge in [-0.2, -0.15) is 0 Å². The minimum atomic E-state index is -2.07. The molecular weight excluding hydrogens is 320 g/mol. The van der Waals surface area contributed by atoms with Gasteiger partial charge in [0.15, 0.2) is 5.78 Å². The third kappa shape index (κ3) is 1.97. The molecule has 3 fully saturated rings. The van der Waals surface area contributed by atoms with E-state index in [1.807, 2.05) is 13.0 Å². The SMILES string of the molecule is C=C[C@@H]1C(=C)CC[C@H]2[C@H]1CC(=O)[C@@]1(O)[C@@](C)(C(=O)O)[C@H](O)CC[C@]21C. The van der Waals surface area contributed by atoms with Gasteiger partial charge in [0.05, 0.1) is 6.10 Å². The molecule has 0 radical (unpaired) electrons. The van der Waals surface area contributed by atoms with Crippen molar-refractivity contribution in [3.63, 3.8) is 0 Å². The van der Waals surface area contributed by atoms with Crippen LogP contribution in [-0.4, -0.2) is 38.8 Å². The number of carboxylic acids is 1. The Bertz CT molecular complexity index is 654. The number of allylic oxidation sites excluding steroid dienone is 2. The molecule has 25 heavy (non-hydrogen) atoms. The van der Waals surface area contributed by atoms with Crippen molar-refractivity contribution in [2.24, 2.45) is 28.6 Å². The number of ketones is 1. The highest BCUT2D eigenvalue weighted by Crippen LogP contribution is 2.65. The van der Waals surface area contributed by atoms with E-state index in [1.54, 1.807) is 0 Å². The first-order valence-corrected chi connectivity index (χ1v) is 9.03. The highest BCUT2D eigenvalue weighted by Gasteiger charge is 2.75. The van der Waals surface area contributed by atoms with Crippen LogP contribution in [0.3, 0.4) is 0 Å². The summed E-state index contributed by atoms with van der Waals surface area (Å²) in [6.45, 7) is 11.2. The summed E-state index contributed by atoms with van der Waals surface area (Å²) < 4.78 is 0. The number of hydrogen-bond acceptors (Lipinski definition) is 4. The summed E-state index contributed by atoms with van der Waals surface area (Å²) in [5.41, 5.74) is -3.81. The van der Waals surface area contributed by atoms with Crippen LogP contribution >= 0.6 is 0 Å². The molecule has 0 aliphatic heterocycles. The van der Waals surface area contributed by atoms with Gasteiger partial charge < -0.3 is 15.3 Å². The van der Waals surface area contributed by atoms with Crippen LogP contribution in [0, 0.1) is 28.6 Å². The maximum Gasteiger partial charge on any atom is 0.315 e. The summed E-state index contributed by atoms with van der Waals surface area (Å²) in [5.74, 6) is -1.80. The van der Waals surface area contributed by atoms with Gasteiger partial charge >= 0.3 is 5.97 Å². The minimum absolute atomic E-state index is 0.00475. The third-order valence-corrected chi connectivity index (χ3v) is 7.75. The quantitative estimate of drug-likeness (QED) is 0.666. The fourth-order valence-corrected chi connectivity index (χ4v) is 6.14. The number of hydrogen-bond donors (Lipinski definition) is 3. The molecule has 3 aliphatic rings. The van der Waals surface area contributed by atoms with Crippen LogP contribution in [0.5, 0.6) is 0 Å². The number of rotatable bonds is 2. The number of aliphatic hydroxyl groups excluding tert-OH is 1. The predicted octanol–water partition coefficient (Wildman–Crippen LogP) is 2.33. The normalized spacial score (nSPS) is 49.9. The van der Waals surface area contributed by atoms with Gasteiger partial charge in [0, 0.05) is 17.8 Å². The van der Waals surface area contributed by atoms with Gasteiger partial charge in [0.25, 0.3) is 0 Å². The van der Waals surface area contributed by atoms with Crippen LogP contribution in [0.1, 0.15) is 46.0 Å². The van der Waals surface area contributed by atoms with Gasteiger partial charge in [-0.1, -0.05) is 25.2 Å². The van der Waals surface area contributed by atoms with Gasteiger partial charge in [-0.05, 0) is 44.4 Å². The molecule has 0 saturated heterocycles. The summed E-state index contributed by atoms with van der Waals surface area (Å²) in [4.78, 5) is 25.2. The van der Waals surface area contributed by atoms with E-state index in [-0.39, 0.29) is 30.6 Å².